The molecule has 10 nitrogen and oxygen atoms in total. The van der Waals surface area contributed by atoms with E-state index < -0.39 is 17.6 Å². The zero-order valence-corrected chi connectivity index (χ0v) is 31.8. The van der Waals surface area contributed by atoms with Crippen molar-refractivity contribution in [2.75, 3.05) is 20.8 Å². The van der Waals surface area contributed by atoms with Crippen LogP contribution in [0.1, 0.15) is 68.2 Å². The Morgan fingerprint density at radius 3 is 1.54 bits per heavy atom. The van der Waals surface area contributed by atoms with Crippen LogP contribution in [0, 0.1) is 0 Å². The van der Waals surface area contributed by atoms with Crippen LogP contribution in [0.5, 0.6) is 11.5 Å². The van der Waals surface area contributed by atoms with E-state index in [4.69, 9.17) is 14.2 Å². The van der Waals surface area contributed by atoms with E-state index in [1.807, 2.05) is 109 Å². The molecule has 4 aromatic rings. The number of carbonyl (C=O) groups excluding carboxylic acids is 3. The Morgan fingerprint density at radius 2 is 1.09 bits per heavy atom. The summed E-state index contributed by atoms with van der Waals surface area (Å²) < 4.78 is 15.4. The number of hydrogen-bond acceptors (Lipinski definition) is 7. The van der Waals surface area contributed by atoms with Crippen molar-refractivity contribution in [3.8, 4) is 11.5 Å². The van der Waals surface area contributed by atoms with Gasteiger partial charge in [0.05, 0.1) is 20.8 Å². The lowest BCUT2D eigenvalue weighted by atomic mass is 9.88. The molecule has 0 spiro atoms. The molecule has 0 aliphatic heterocycles. The molecular formula is C44H54N2O8. The number of carboxylic acids is 1. The second-order valence-electron chi connectivity index (χ2n) is 12.9. The first kappa shape index (κ1) is 42.8. The molecule has 2 unspecified atom stereocenters. The highest BCUT2D eigenvalue weighted by Gasteiger charge is 2.37. The van der Waals surface area contributed by atoms with E-state index in [0.717, 1.165) is 33.8 Å². The maximum Gasteiger partial charge on any atom is 0.329 e. The molecule has 4 aromatic carbocycles. The van der Waals surface area contributed by atoms with Crippen LogP contribution >= 0.6 is 0 Å². The molecule has 0 heterocycles. The Bertz CT molecular complexity index is 1710. The van der Waals surface area contributed by atoms with Gasteiger partial charge in [-0.1, -0.05) is 91.9 Å². The van der Waals surface area contributed by atoms with Crippen LogP contribution < -0.4 is 20.1 Å². The smallest absolute Gasteiger partial charge is 0.329 e. The lowest BCUT2D eigenvalue weighted by Crippen LogP contribution is -2.54. The lowest BCUT2D eigenvalue weighted by Gasteiger charge is -2.29. The SMILES string of the molecule is CCC(CCc1ccccc1)(NC(=O)CCc1ccc(OC)cc1)C(=O)O.CCOC(=O)C(CCc1ccccc1)NC(=O)CCc1ccc(OC)cc1. The standard InChI is InChI=1S/2C22H27NO4/c1-3-27-22(25)20(15-11-17-7-5-4-6-8-17)23-21(24)16-12-18-9-13-19(26-2)14-10-18;1-3-22(21(25)26,16-15-17-7-5-4-6-8-17)23-20(24)14-11-18-9-12-19(27-2)13-10-18/h4-10,13-14,20H,3,11-12,15-16H2,1-2H3,(H,23,24);4-10,12-13H,3,11,14-16H2,1-2H3,(H,23,24)(H,25,26). The van der Waals surface area contributed by atoms with Gasteiger partial charge < -0.3 is 30.0 Å². The van der Waals surface area contributed by atoms with Crippen molar-refractivity contribution in [1.82, 2.24) is 10.6 Å². The minimum atomic E-state index is -1.24. The molecule has 0 aliphatic carbocycles. The van der Waals surface area contributed by atoms with Gasteiger partial charge in [-0.05, 0) is 98.4 Å². The van der Waals surface area contributed by atoms with Crippen molar-refractivity contribution in [3.05, 3.63) is 131 Å². The summed E-state index contributed by atoms with van der Waals surface area (Å²) in [6.07, 6.45) is 4.21. The number of aliphatic carboxylic acids is 1. The third-order valence-corrected chi connectivity index (χ3v) is 9.15. The Labute approximate surface area is 319 Å². The average Bonchev–Trinajstić information content (AvgIpc) is 3.20. The van der Waals surface area contributed by atoms with Crippen molar-refractivity contribution in [1.29, 1.82) is 0 Å². The first-order valence-corrected chi connectivity index (χ1v) is 18.4. The number of methoxy groups -OCH3 is 2. The lowest BCUT2D eigenvalue weighted by molar-refractivity contribution is -0.148. The monoisotopic (exact) mass is 738 g/mol. The average molecular weight is 739 g/mol. The molecule has 0 saturated heterocycles. The van der Waals surface area contributed by atoms with E-state index >= 15 is 0 Å². The van der Waals surface area contributed by atoms with E-state index in [9.17, 15) is 24.3 Å². The van der Waals surface area contributed by atoms with Gasteiger partial charge in [0.25, 0.3) is 0 Å². The van der Waals surface area contributed by atoms with Crippen LogP contribution in [0.2, 0.25) is 0 Å². The predicted octanol–water partition coefficient (Wildman–Crippen LogP) is 6.92. The molecule has 0 fully saturated rings. The summed E-state index contributed by atoms with van der Waals surface area (Å²) in [6, 6.07) is 34.1. The van der Waals surface area contributed by atoms with Crippen molar-refractivity contribution in [2.24, 2.45) is 0 Å². The number of nitrogens with one attached hydrogen (secondary N) is 2. The molecule has 0 saturated carbocycles. The predicted molar refractivity (Wildman–Crippen MR) is 210 cm³/mol. The number of ether oxygens (including phenoxy) is 3. The van der Waals surface area contributed by atoms with Crippen LogP contribution in [0.15, 0.2) is 109 Å². The summed E-state index contributed by atoms with van der Waals surface area (Å²) in [5.74, 6) is -0.225. The second kappa shape index (κ2) is 23.1. The summed E-state index contributed by atoms with van der Waals surface area (Å²) in [4.78, 5) is 48.9. The fourth-order valence-electron chi connectivity index (χ4n) is 5.79. The number of carboxylic acid groups (broad SMARTS) is 1. The molecule has 54 heavy (non-hydrogen) atoms. The normalized spacial score (nSPS) is 12.1. The van der Waals surface area contributed by atoms with E-state index in [1.165, 1.54) is 0 Å². The Kier molecular flexibility index (Phi) is 18.3. The van der Waals surface area contributed by atoms with Gasteiger partial charge in [-0.3, -0.25) is 9.59 Å². The molecule has 10 heteroatoms. The Hall–Kier alpha value is -5.64. The molecule has 288 valence electrons. The molecular weight excluding hydrogens is 684 g/mol. The first-order valence-electron chi connectivity index (χ1n) is 18.4. The molecule has 0 radical (unpaired) electrons. The van der Waals surface area contributed by atoms with Crippen molar-refractivity contribution >= 4 is 23.8 Å². The molecule has 2 atom stereocenters. The van der Waals surface area contributed by atoms with Gasteiger partial charge in [-0.2, -0.15) is 0 Å². The third kappa shape index (κ3) is 14.8. The fraction of sp³-hybridized carbons (Fsp3) is 0.364. The second-order valence-corrected chi connectivity index (χ2v) is 12.9. The quantitative estimate of drug-likeness (QED) is 0.0831. The van der Waals surface area contributed by atoms with Crippen LogP contribution in [-0.2, 0) is 49.6 Å². The molecule has 0 aromatic heterocycles. The zero-order valence-electron chi connectivity index (χ0n) is 31.8. The number of hydrogen-bond donors (Lipinski definition) is 3. The minimum absolute atomic E-state index is 0.156. The highest BCUT2D eigenvalue weighted by molar-refractivity contribution is 5.87. The van der Waals surface area contributed by atoms with E-state index in [1.54, 1.807) is 28.1 Å². The summed E-state index contributed by atoms with van der Waals surface area (Å²) >= 11 is 0. The molecule has 0 aliphatic rings. The van der Waals surface area contributed by atoms with Gasteiger partial charge in [0.2, 0.25) is 11.8 Å². The van der Waals surface area contributed by atoms with Crippen LogP contribution in [0.3, 0.4) is 0 Å². The highest BCUT2D eigenvalue weighted by atomic mass is 16.5. The molecule has 0 bridgehead atoms. The zero-order chi connectivity index (χ0) is 39.2. The summed E-state index contributed by atoms with van der Waals surface area (Å²) in [5.41, 5.74) is 2.99. The van der Waals surface area contributed by atoms with E-state index in [-0.39, 0.29) is 24.2 Å². The van der Waals surface area contributed by atoms with E-state index in [2.05, 4.69) is 10.6 Å². The molecule has 4 rings (SSSR count). The largest absolute Gasteiger partial charge is 0.497 e. The third-order valence-electron chi connectivity index (χ3n) is 9.15. The van der Waals surface area contributed by atoms with Crippen molar-refractivity contribution < 1.29 is 38.5 Å². The Balaban J connectivity index is 0.000000290. The number of amides is 2. The number of rotatable bonds is 20. The van der Waals surface area contributed by atoms with Crippen LogP contribution in [0.4, 0.5) is 0 Å². The van der Waals surface area contributed by atoms with E-state index in [0.29, 0.717) is 58.0 Å². The van der Waals surface area contributed by atoms with Gasteiger partial charge in [0.15, 0.2) is 0 Å². The number of carbonyl (C=O) groups is 4. The van der Waals surface area contributed by atoms with Gasteiger partial charge in [-0.15, -0.1) is 0 Å². The van der Waals surface area contributed by atoms with Crippen molar-refractivity contribution in [2.45, 2.75) is 83.2 Å². The number of esters is 1. The Morgan fingerprint density at radius 1 is 0.630 bits per heavy atom. The number of benzene rings is 4. The first-order chi connectivity index (χ1) is 26.1. The van der Waals surface area contributed by atoms with Gasteiger partial charge in [-0.25, -0.2) is 9.59 Å². The van der Waals surface area contributed by atoms with Gasteiger partial charge in [0, 0.05) is 12.8 Å². The van der Waals surface area contributed by atoms with Gasteiger partial charge >= 0.3 is 11.9 Å². The number of aryl methyl sites for hydroxylation is 4. The summed E-state index contributed by atoms with van der Waals surface area (Å²) in [6.45, 7) is 3.85. The summed E-state index contributed by atoms with van der Waals surface area (Å²) in [5, 5.41) is 15.4. The maximum absolute atomic E-state index is 12.4. The van der Waals surface area contributed by atoms with Crippen molar-refractivity contribution in [3.63, 3.8) is 0 Å². The minimum Gasteiger partial charge on any atom is -0.497 e. The summed E-state index contributed by atoms with van der Waals surface area (Å²) in [7, 11) is 3.22. The van der Waals surface area contributed by atoms with Crippen LogP contribution in [-0.4, -0.2) is 61.3 Å². The maximum atomic E-state index is 12.4. The molecule has 3 N–H and O–H groups in total. The topological polar surface area (TPSA) is 140 Å². The fourth-order valence-corrected chi connectivity index (χ4v) is 5.79. The van der Waals surface area contributed by atoms with Crippen LogP contribution in [0.25, 0.3) is 0 Å². The molecule has 2 amide bonds. The van der Waals surface area contributed by atoms with Gasteiger partial charge in [0.1, 0.15) is 23.1 Å². The highest BCUT2D eigenvalue weighted by Crippen LogP contribution is 2.21.